The minimum absolute atomic E-state index is 0.0296. The molecule has 12 nitrogen and oxygen atoms in total. The van der Waals surface area contributed by atoms with E-state index >= 15 is 0 Å². The van der Waals surface area contributed by atoms with Crippen molar-refractivity contribution in [3.8, 4) is 39.6 Å². The fourth-order valence-corrected chi connectivity index (χ4v) is 6.45. The molecule has 16 heteroatoms. The van der Waals surface area contributed by atoms with E-state index in [1.165, 1.54) is 23.1 Å². The van der Waals surface area contributed by atoms with E-state index in [9.17, 15) is 23.7 Å². The van der Waals surface area contributed by atoms with Crippen LogP contribution in [0.15, 0.2) is 89.3 Å². The molecular weight excluding hydrogens is 732 g/mol. The van der Waals surface area contributed by atoms with Crippen molar-refractivity contribution in [1.82, 2.24) is 9.97 Å². The Morgan fingerprint density at radius 1 is 0.980 bits per heavy atom. The Labute approximate surface area is 308 Å². The van der Waals surface area contributed by atoms with Crippen molar-refractivity contribution in [2.45, 2.75) is 23.2 Å². The number of hydrogen-bond donors (Lipinski definition) is 3. The number of pyridine rings is 1. The number of carbonyl (C=O) groups is 1. The Morgan fingerprint density at radius 2 is 1.61 bits per heavy atom. The number of nitriles is 2. The van der Waals surface area contributed by atoms with Crippen LogP contribution in [0.1, 0.15) is 22.4 Å². The number of nitrogens with zero attached hydrogens (tertiary/aromatic N) is 4. The molecule has 5 N–H and O–H groups in total. The van der Waals surface area contributed by atoms with Gasteiger partial charge in [-0.3, -0.25) is 9.35 Å². The van der Waals surface area contributed by atoms with Crippen molar-refractivity contribution >= 4 is 56.6 Å². The quantitative estimate of drug-likeness (QED) is 0.0564. The molecule has 0 radical (unpaired) electrons. The van der Waals surface area contributed by atoms with Gasteiger partial charge in [0.25, 0.3) is 10.1 Å². The summed E-state index contributed by atoms with van der Waals surface area (Å²) in [5.41, 5.74) is 16.3. The average molecular weight is 763 g/mol. The molecule has 0 aliphatic rings. The van der Waals surface area contributed by atoms with Gasteiger partial charge < -0.3 is 20.9 Å². The van der Waals surface area contributed by atoms with Crippen LogP contribution in [-0.4, -0.2) is 54.4 Å². The molecule has 1 atom stereocenters. The first-order valence-corrected chi connectivity index (χ1v) is 19.0. The van der Waals surface area contributed by atoms with Crippen LogP contribution < -0.4 is 16.2 Å². The van der Waals surface area contributed by atoms with Gasteiger partial charge in [-0.05, 0) is 41.8 Å². The Kier molecular flexibility index (Phi) is 13.9. The lowest BCUT2D eigenvalue weighted by Gasteiger charge is -2.14. The predicted octanol–water partition coefficient (Wildman–Crippen LogP) is 6.14. The SMILES string of the molecule is CS(=O)(=O)O.N#Cc1c(N)nc(SCc2csc(-c3ccc(Cl)cc3)n2)c(C#N)c1-c1ccc(OCCOC(=O)[C@@H](N)Cc2ccccc2)cc1. The number of nitrogens with two attached hydrogens (primary N) is 2. The Bertz CT molecular complexity index is 2140. The lowest BCUT2D eigenvalue weighted by Crippen LogP contribution is -2.35. The fraction of sp³-hybridized carbons (Fsp3) is 0.171. The molecular formula is C35H31ClN6O6S3. The van der Waals surface area contributed by atoms with Crippen molar-refractivity contribution in [3.05, 3.63) is 112 Å². The van der Waals surface area contributed by atoms with Crippen molar-refractivity contribution in [2.75, 3.05) is 25.2 Å². The van der Waals surface area contributed by atoms with Crippen LogP contribution in [0, 0.1) is 22.7 Å². The van der Waals surface area contributed by atoms with Gasteiger partial charge in [-0.15, -0.1) is 11.3 Å². The Hall–Kier alpha value is -5.00. The van der Waals surface area contributed by atoms with Gasteiger partial charge in [-0.2, -0.15) is 18.9 Å². The summed E-state index contributed by atoms with van der Waals surface area (Å²) in [6.45, 7) is 0.150. The summed E-state index contributed by atoms with van der Waals surface area (Å²) < 4.78 is 36.9. The third kappa shape index (κ3) is 11.8. The maximum absolute atomic E-state index is 12.3. The van der Waals surface area contributed by atoms with Gasteiger partial charge in [-0.1, -0.05) is 78.0 Å². The molecule has 0 bridgehead atoms. The van der Waals surface area contributed by atoms with Crippen LogP contribution in [0.4, 0.5) is 5.82 Å². The topological polar surface area (TPSA) is 215 Å². The number of rotatable bonds is 12. The van der Waals surface area contributed by atoms with E-state index in [1.54, 1.807) is 24.3 Å². The second kappa shape index (κ2) is 18.3. The number of thioether (sulfide) groups is 1. The highest BCUT2D eigenvalue weighted by atomic mass is 35.5. The van der Waals surface area contributed by atoms with Crippen LogP contribution in [0.2, 0.25) is 5.02 Å². The number of benzene rings is 3. The third-order valence-corrected chi connectivity index (χ3v) is 8.96. The second-order valence-corrected chi connectivity index (χ2v) is 14.4. The predicted molar refractivity (Wildman–Crippen MR) is 198 cm³/mol. The maximum atomic E-state index is 12.3. The minimum Gasteiger partial charge on any atom is -0.490 e. The van der Waals surface area contributed by atoms with Gasteiger partial charge >= 0.3 is 5.97 Å². The number of ether oxygens (including phenoxy) is 2. The van der Waals surface area contributed by atoms with Gasteiger partial charge in [-0.25, -0.2) is 9.97 Å². The number of hydrogen-bond acceptors (Lipinski definition) is 13. The van der Waals surface area contributed by atoms with E-state index in [0.29, 0.717) is 45.4 Å². The molecule has 5 aromatic rings. The van der Waals surface area contributed by atoms with E-state index in [-0.39, 0.29) is 30.2 Å². The summed E-state index contributed by atoms with van der Waals surface area (Å²) in [4.78, 5) is 21.3. The first kappa shape index (κ1) is 38.8. The molecule has 5 rings (SSSR count). The van der Waals surface area contributed by atoms with Crippen LogP contribution >= 0.6 is 34.7 Å². The van der Waals surface area contributed by atoms with Gasteiger partial charge in [0.05, 0.1) is 17.5 Å². The summed E-state index contributed by atoms with van der Waals surface area (Å²) >= 11 is 8.84. The summed E-state index contributed by atoms with van der Waals surface area (Å²) in [6.07, 6.45) is 1.10. The monoisotopic (exact) mass is 762 g/mol. The number of aromatic nitrogens is 2. The number of thiazole rings is 1. The molecule has 0 aliphatic heterocycles. The zero-order chi connectivity index (χ0) is 37.0. The molecule has 0 amide bonds. The van der Waals surface area contributed by atoms with Crippen LogP contribution in [-0.2, 0) is 31.8 Å². The van der Waals surface area contributed by atoms with E-state index in [4.69, 9.17) is 42.1 Å². The Morgan fingerprint density at radius 3 is 2.24 bits per heavy atom. The van der Waals surface area contributed by atoms with Gasteiger partial charge in [0.15, 0.2) is 0 Å². The van der Waals surface area contributed by atoms with Crippen LogP contribution in [0.3, 0.4) is 0 Å². The zero-order valence-electron chi connectivity index (χ0n) is 27.0. The van der Waals surface area contributed by atoms with E-state index in [1.807, 2.05) is 60.0 Å². The summed E-state index contributed by atoms with van der Waals surface area (Å²) in [6, 6.07) is 27.4. The smallest absolute Gasteiger partial charge is 0.323 e. The van der Waals surface area contributed by atoms with Crippen molar-refractivity contribution in [3.63, 3.8) is 0 Å². The molecule has 0 spiro atoms. The van der Waals surface area contributed by atoms with Crippen molar-refractivity contribution in [2.24, 2.45) is 5.73 Å². The molecule has 0 fully saturated rings. The molecule has 0 saturated carbocycles. The summed E-state index contributed by atoms with van der Waals surface area (Å²) in [5, 5.41) is 23.9. The molecule has 0 saturated heterocycles. The zero-order valence-corrected chi connectivity index (χ0v) is 30.2. The Balaban J connectivity index is 0.00000109. The molecule has 2 heterocycles. The largest absolute Gasteiger partial charge is 0.490 e. The van der Waals surface area contributed by atoms with Gasteiger partial charge in [0.2, 0.25) is 0 Å². The molecule has 0 unspecified atom stereocenters. The number of anilines is 1. The third-order valence-electron chi connectivity index (χ3n) is 6.76. The highest BCUT2D eigenvalue weighted by molar-refractivity contribution is 7.98. The number of nitrogen functional groups attached to an aromatic ring is 1. The maximum Gasteiger partial charge on any atom is 0.323 e. The molecule has 262 valence electrons. The van der Waals surface area contributed by atoms with Gasteiger partial charge in [0.1, 0.15) is 58.6 Å². The molecule has 51 heavy (non-hydrogen) atoms. The normalized spacial score (nSPS) is 11.3. The summed E-state index contributed by atoms with van der Waals surface area (Å²) in [5.74, 6) is 0.496. The first-order valence-electron chi connectivity index (χ1n) is 14.9. The van der Waals surface area contributed by atoms with E-state index < -0.39 is 22.1 Å². The molecule has 3 aromatic carbocycles. The van der Waals surface area contributed by atoms with E-state index in [0.717, 1.165) is 21.8 Å². The molecule has 0 aliphatic carbocycles. The lowest BCUT2D eigenvalue weighted by molar-refractivity contribution is -0.145. The van der Waals surface area contributed by atoms with Crippen molar-refractivity contribution in [1.29, 1.82) is 10.5 Å². The van der Waals surface area contributed by atoms with E-state index in [2.05, 4.69) is 17.1 Å². The van der Waals surface area contributed by atoms with Crippen molar-refractivity contribution < 1.29 is 27.2 Å². The minimum atomic E-state index is -3.67. The second-order valence-electron chi connectivity index (χ2n) is 10.7. The van der Waals surface area contributed by atoms with Crippen LogP contribution in [0.5, 0.6) is 5.75 Å². The summed E-state index contributed by atoms with van der Waals surface area (Å²) in [7, 11) is -3.67. The highest BCUT2D eigenvalue weighted by Crippen LogP contribution is 2.37. The average Bonchev–Trinajstić information content (AvgIpc) is 3.58. The molecule has 2 aromatic heterocycles. The lowest BCUT2D eigenvalue weighted by atomic mass is 9.97. The standard InChI is InChI=1S/C34H27ClN6O3S2.CH4O3S/c35-24-10-6-23(7-11-24)32-40-25(19-45-32)20-46-33-28(18-37)30(27(17-36)31(39)41-33)22-8-12-26(13-9-22)43-14-15-44-34(42)29(38)16-21-4-2-1-3-5-21;1-5(2,3)4/h1-13,19,29H,14-16,20,38H2,(H2,39,41);1H3,(H,2,3,4)/t29-;/m0./s1. The number of esters is 1. The first-order chi connectivity index (χ1) is 24.4. The number of carbonyl (C=O) groups excluding carboxylic acids is 1. The number of halogens is 1. The van der Waals surface area contributed by atoms with Gasteiger partial charge in [0, 0.05) is 27.3 Å². The highest BCUT2D eigenvalue weighted by Gasteiger charge is 2.21. The van der Waals surface area contributed by atoms with Crippen LogP contribution in [0.25, 0.3) is 21.7 Å². The fourth-order valence-electron chi connectivity index (χ4n) is 4.51.